The molecule has 1 saturated heterocycles. The minimum atomic E-state index is -0.706. The quantitative estimate of drug-likeness (QED) is 0.854. The number of hydrogen-bond acceptors (Lipinski definition) is 3. The van der Waals surface area contributed by atoms with E-state index in [2.05, 4.69) is 11.9 Å². The number of imidazole rings is 1. The third-order valence-corrected chi connectivity index (χ3v) is 4.46. The van der Waals surface area contributed by atoms with Crippen LogP contribution in [0.2, 0.25) is 5.02 Å². The predicted molar refractivity (Wildman–Crippen MR) is 88.3 cm³/mol. The molecule has 0 radical (unpaired) electrons. The lowest BCUT2D eigenvalue weighted by Crippen LogP contribution is -2.44. The molecule has 23 heavy (non-hydrogen) atoms. The number of allylic oxidation sites excluding steroid dienone is 1. The van der Waals surface area contributed by atoms with Crippen LogP contribution in [0.1, 0.15) is 31.4 Å². The highest BCUT2D eigenvalue weighted by Gasteiger charge is 2.31. The average Bonchev–Trinajstić information content (AvgIpc) is 2.72. The number of amides is 2. The summed E-state index contributed by atoms with van der Waals surface area (Å²) in [4.78, 5) is 36.2. The molecule has 1 aromatic carbocycles. The zero-order chi connectivity index (χ0) is 16.9. The van der Waals surface area contributed by atoms with Crippen molar-refractivity contribution in [3.05, 3.63) is 39.8 Å². The second-order valence-corrected chi connectivity index (χ2v) is 6.16. The Hall–Kier alpha value is -2.34. The Morgan fingerprint density at radius 3 is 2.65 bits per heavy atom. The highest BCUT2D eigenvalue weighted by Crippen LogP contribution is 2.32. The summed E-state index contributed by atoms with van der Waals surface area (Å²) in [5.41, 5.74) is 2.35. The smallest absolute Gasteiger partial charge is 0.295 e. The third-order valence-electron chi connectivity index (χ3n) is 4.14. The van der Waals surface area contributed by atoms with Crippen molar-refractivity contribution in [1.29, 1.82) is 0 Å². The number of carbonyl (C=O) groups excluding carboxylic acids is 2. The number of piperidine rings is 1. The largest absolute Gasteiger partial charge is 0.329 e. The Bertz CT molecular complexity index is 923. The van der Waals surface area contributed by atoms with Gasteiger partial charge in [0.15, 0.2) is 0 Å². The maximum atomic E-state index is 12.7. The van der Waals surface area contributed by atoms with E-state index in [9.17, 15) is 14.4 Å². The number of halogens is 1. The molecule has 3 rings (SSSR count). The van der Waals surface area contributed by atoms with Gasteiger partial charge in [0, 0.05) is 19.0 Å². The van der Waals surface area contributed by atoms with Gasteiger partial charge in [0.1, 0.15) is 6.04 Å². The molecule has 1 aromatic heterocycles. The Balaban J connectivity index is 2.32. The van der Waals surface area contributed by atoms with Gasteiger partial charge in [-0.15, -0.1) is 0 Å². The van der Waals surface area contributed by atoms with Crippen molar-refractivity contribution in [2.24, 2.45) is 7.05 Å². The highest BCUT2D eigenvalue weighted by molar-refractivity contribution is 6.33. The molecule has 6 nitrogen and oxygen atoms in total. The molecule has 2 amide bonds. The highest BCUT2D eigenvalue weighted by atomic mass is 35.5. The van der Waals surface area contributed by atoms with Crippen molar-refractivity contribution in [3.63, 3.8) is 0 Å². The second kappa shape index (κ2) is 5.38. The molecule has 1 unspecified atom stereocenters. The molecule has 1 atom stereocenters. The van der Waals surface area contributed by atoms with Crippen LogP contribution in [0, 0.1) is 0 Å². The molecule has 120 valence electrons. The molecule has 2 aromatic rings. The van der Waals surface area contributed by atoms with Crippen LogP contribution in [0.15, 0.2) is 23.5 Å². The summed E-state index contributed by atoms with van der Waals surface area (Å²) < 4.78 is 2.90. The molecular weight excluding hydrogens is 318 g/mol. The maximum Gasteiger partial charge on any atom is 0.329 e. The van der Waals surface area contributed by atoms with Crippen molar-refractivity contribution < 1.29 is 9.59 Å². The van der Waals surface area contributed by atoms with Gasteiger partial charge in [0.25, 0.3) is 0 Å². The molecule has 0 bridgehead atoms. The predicted octanol–water partition coefficient (Wildman–Crippen LogP) is 2.00. The molecule has 2 heterocycles. The minimum absolute atomic E-state index is 0.208. The van der Waals surface area contributed by atoms with Crippen LogP contribution in [-0.4, -0.2) is 20.9 Å². The zero-order valence-corrected chi connectivity index (χ0v) is 13.6. The van der Waals surface area contributed by atoms with Crippen LogP contribution in [-0.2, 0) is 16.6 Å². The van der Waals surface area contributed by atoms with Gasteiger partial charge in [-0.3, -0.25) is 24.0 Å². The van der Waals surface area contributed by atoms with Crippen LogP contribution < -0.4 is 11.0 Å². The standard InChI is InChI=1S/C16H16ClN3O3/c1-8(2)13-9(17)4-5-10-14(13)19(3)16(23)20(10)11-6-7-12(21)18-15(11)22/h4-5,11H,1,6-7H2,2-3H3,(H,18,21,22). The second-order valence-electron chi connectivity index (χ2n) is 5.75. The number of aryl methyl sites for hydroxylation is 1. The number of imide groups is 1. The Labute approximate surface area is 137 Å². The van der Waals surface area contributed by atoms with E-state index in [4.69, 9.17) is 11.6 Å². The van der Waals surface area contributed by atoms with Crippen molar-refractivity contribution in [2.75, 3.05) is 0 Å². The first kappa shape index (κ1) is 15.6. The van der Waals surface area contributed by atoms with E-state index >= 15 is 0 Å². The number of aromatic nitrogens is 2. The number of hydrogen-bond donors (Lipinski definition) is 1. The summed E-state index contributed by atoms with van der Waals surface area (Å²) >= 11 is 6.26. The van der Waals surface area contributed by atoms with Gasteiger partial charge in [0.2, 0.25) is 11.8 Å². The first-order valence-corrected chi connectivity index (χ1v) is 7.59. The number of fused-ring (bicyclic) bond motifs is 1. The Kier molecular flexibility index (Phi) is 3.64. The number of nitrogens with one attached hydrogen (secondary N) is 1. The molecule has 7 heteroatoms. The fourth-order valence-corrected chi connectivity index (χ4v) is 3.40. The van der Waals surface area contributed by atoms with Gasteiger partial charge < -0.3 is 0 Å². The molecule has 1 N–H and O–H groups in total. The summed E-state index contributed by atoms with van der Waals surface area (Å²) in [7, 11) is 1.63. The van der Waals surface area contributed by atoms with Gasteiger partial charge >= 0.3 is 5.69 Å². The molecule has 1 fully saturated rings. The van der Waals surface area contributed by atoms with Gasteiger partial charge in [-0.05, 0) is 31.1 Å². The Morgan fingerprint density at radius 1 is 1.35 bits per heavy atom. The summed E-state index contributed by atoms with van der Waals surface area (Å²) in [5.74, 6) is -0.770. The van der Waals surface area contributed by atoms with Crippen molar-refractivity contribution in [1.82, 2.24) is 14.5 Å². The molecule has 1 aliphatic heterocycles. The van der Waals surface area contributed by atoms with E-state index in [-0.39, 0.29) is 18.0 Å². The number of rotatable bonds is 2. The van der Waals surface area contributed by atoms with Crippen molar-refractivity contribution in [3.8, 4) is 0 Å². The number of carbonyl (C=O) groups is 2. The molecule has 1 aliphatic rings. The van der Waals surface area contributed by atoms with Gasteiger partial charge in [-0.25, -0.2) is 4.79 Å². The summed E-state index contributed by atoms with van der Waals surface area (Å²) in [6.45, 7) is 5.73. The SMILES string of the molecule is C=C(C)c1c(Cl)ccc2c1n(C)c(=O)n2C1CCC(=O)NC1=O. The van der Waals surface area contributed by atoms with E-state index in [1.54, 1.807) is 19.2 Å². The summed E-state index contributed by atoms with van der Waals surface area (Å²) in [6.07, 6.45) is 0.509. The Morgan fingerprint density at radius 2 is 2.04 bits per heavy atom. The van der Waals surface area contributed by atoms with E-state index in [0.717, 1.165) is 5.57 Å². The first-order chi connectivity index (χ1) is 10.8. The van der Waals surface area contributed by atoms with Crippen molar-refractivity contribution in [2.45, 2.75) is 25.8 Å². The topological polar surface area (TPSA) is 73.1 Å². The van der Waals surface area contributed by atoms with Crippen LogP contribution in [0.3, 0.4) is 0 Å². The zero-order valence-electron chi connectivity index (χ0n) is 12.9. The summed E-state index contributed by atoms with van der Waals surface area (Å²) in [6, 6.07) is 2.70. The molecule has 0 spiro atoms. The minimum Gasteiger partial charge on any atom is -0.295 e. The third kappa shape index (κ3) is 2.30. The first-order valence-electron chi connectivity index (χ1n) is 7.22. The molecule has 0 aliphatic carbocycles. The lowest BCUT2D eigenvalue weighted by molar-refractivity contribution is -0.135. The van der Waals surface area contributed by atoms with E-state index in [1.807, 2.05) is 6.92 Å². The maximum absolute atomic E-state index is 12.7. The molecular formula is C16H16ClN3O3. The van der Waals surface area contributed by atoms with E-state index in [1.165, 1.54) is 9.13 Å². The van der Waals surface area contributed by atoms with E-state index < -0.39 is 11.9 Å². The molecule has 0 saturated carbocycles. The van der Waals surface area contributed by atoms with Crippen LogP contribution in [0.4, 0.5) is 0 Å². The van der Waals surface area contributed by atoms with E-state index in [0.29, 0.717) is 28.0 Å². The fraction of sp³-hybridized carbons (Fsp3) is 0.312. The fourth-order valence-electron chi connectivity index (χ4n) is 3.09. The van der Waals surface area contributed by atoms with Crippen LogP contribution in [0.25, 0.3) is 16.6 Å². The normalized spacial score (nSPS) is 18.3. The average molecular weight is 334 g/mol. The monoisotopic (exact) mass is 333 g/mol. The lowest BCUT2D eigenvalue weighted by atomic mass is 10.0. The number of nitrogens with zero attached hydrogens (tertiary/aromatic N) is 2. The van der Waals surface area contributed by atoms with Gasteiger partial charge in [0.05, 0.1) is 16.1 Å². The van der Waals surface area contributed by atoms with Crippen LogP contribution in [0.5, 0.6) is 0 Å². The van der Waals surface area contributed by atoms with Gasteiger partial charge in [-0.2, -0.15) is 0 Å². The van der Waals surface area contributed by atoms with Crippen molar-refractivity contribution >= 4 is 40.0 Å². The van der Waals surface area contributed by atoms with Gasteiger partial charge in [-0.1, -0.05) is 18.2 Å². The number of benzene rings is 1. The summed E-state index contributed by atoms with van der Waals surface area (Å²) in [5, 5.41) is 2.79. The van der Waals surface area contributed by atoms with Crippen LogP contribution >= 0.6 is 11.6 Å². The lowest BCUT2D eigenvalue weighted by Gasteiger charge is -2.22.